The first-order chi connectivity index (χ1) is 13.7. The molecule has 28 heavy (non-hydrogen) atoms. The van der Waals surface area contributed by atoms with Crippen LogP contribution in [-0.2, 0) is 17.8 Å². The minimum atomic E-state index is 0.0351. The summed E-state index contributed by atoms with van der Waals surface area (Å²) >= 11 is 0. The molecule has 1 N–H and O–H groups in total. The van der Waals surface area contributed by atoms with E-state index in [1.54, 1.807) is 13.3 Å². The Morgan fingerprint density at radius 1 is 1.25 bits per heavy atom. The van der Waals surface area contributed by atoms with Crippen molar-refractivity contribution in [1.82, 2.24) is 9.78 Å². The van der Waals surface area contributed by atoms with E-state index in [1.807, 2.05) is 35.1 Å². The Kier molecular flexibility index (Phi) is 5.42. The average Bonchev–Trinajstić information content (AvgIpc) is 3.15. The van der Waals surface area contributed by atoms with Crippen LogP contribution >= 0.6 is 0 Å². The number of hydrogen-bond donors (Lipinski definition) is 1. The quantitative estimate of drug-likeness (QED) is 0.695. The largest absolute Gasteiger partial charge is 0.497 e. The SMILES string of the molecule is COc1ccc2c(c1)CCCC2CC(=O)Nc1cnn(Cc2ccccc2)c1. The van der Waals surface area contributed by atoms with Crippen molar-refractivity contribution in [2.45, 2.75) is 38.1 Å². The molecule has 1 aromatic heterocycles. The van der Waals surface area contributed by atoms with Gasteiger partial charge >= 0.3 is 0 Å². The van der Waals surface area contributed by atoms with E-state index in [-0.39, 0.29) is 11.8 Å². The van der Waals surface area contributed by atoms with Crippen LogP contribution in [0.2, 0.25) is 0 Å². The summed E-state index contributed by atoms with van der Waals surface area (Å²) in [6.07, 6.45) is 7.28. The van der Waals surface area contributed by atoms with Crippen LogP contribution in [0.25, 0.3) is 0 Å². The van der Waals surface area contributed by atoms with Crippen LogP contribution in [0.3, 0.4) is 0 Å². The molecule has 0 bridgehead atoms. The van der Waals surface area contributed by atoms with Crippen molar-refractivity contribution >= 4 is 11.6 Å². The van der Waals surface area contributed by atoms with Gasteiger partial charge in [-0.1, -0.05) is 36.4 Å². The van der Waals surface area contributed by atoms with Gasteiger partial charge in [0.05, 0.1) is 25.5 Å². The van der Waals surface area contributed by atoms with Crippen molar-refractivity contribution in [3.63, 3.8) is 0 Å². The van der Waals surface area contributed by atoms with E-state index in [0.717, 1.165) is 30.7 Å². The molecule has 1 atom stereocenters. The third-order valence-corrected chi connectivity index (χ3v) is 5.32. The van der Waals surface area contributed by atoms with Crippen molar-refractivity contribution in [1.29, 1.82) is 0 Å². The van der Waals surface area contributed by atoms with Gasteiger partial charge in [-0.25, -0.2) is 0 Å². The molecule has 1 aliphatic carbocycles. The van der Waals surface area contributed by atoms with E-state index in [1.165, 1.54) is 16.7 Å². The van der Waals surface area contributed by atoms with Crippen LogP contribution in [0.5, 0.6) is 5.75 Å². The molecule has 0 saturated heterocycles. The fourth-order valence-corrected chi connectivity index (χ4v) is 3.95. The number of nitrogens with one attached hydrogen (secondary N) is 1. The van der Waals surface area contributed by atoms with E-state index in [2.05, 4.69) is 34.7 Å². The van der Waals surface area contributed by atoms with Crippen molar-refractivity contribution < 1.29 is 9.53 Å². The number of nitrogens with zero attached hydrogens (tertiary/aromatic N) is 2. The highest BCUT2D eigenvalue weighted by atomic mass is 16.5. The molecule has 0 radical (unpaired) electrons. The van der Waals surface area contributed by atoms with Gasteiger partial charge < -0.3 is 10.1 Å². The van der Waals surface area contributed by atoms with E-state index in [0.29, 0.717) is 13.0 Å². The highest BCUT2D eigenvalue weighted by molar-refractivity contribution is 5.91. The number of carbonyl (C=O) groups is 1. The Balaban J connectivity index is 1.38. The lowest BCUT2D eigenvalue weighted by Crippen LogP contribution is -2.18. The average molecular weight is 375 g/mol. The maximum atomic E-state index is 12.6. The second-order valence-corrected chi connectivity index (χ2v) is 7.32. The smallest absolute Gasteiger partial charge is 0.225 e. The van der Waals surface area contributed by atoms with Crippen LogP contribution < -0.4 is 10.1 Å². The number of aryl methyl sites for hydroxylation is 1. The highest BCUT2D eigenvalue weighted by Crippen LogP contribution is 2.36. The molecular weight excluding hydrogens is 350 g/mol. The number of methoxy groups -OCH3 is 1. The number of aromatic nitrogens is 2. The van der Waals surface area contributed by atoms with Crippen molar-refractivity contribution in [3.05, 3.63) is 77.6 Å². The third-order valence-electron chi connectivity index (χ3n) is 5.32. The Bertz CT molecular complexity index is 949. The highest BCUT2D eigenvalue weighted by Gasteiger charge is 2.23. The summed E-state index contributed by atoms with van der Waals surface area (Å²) in [6.45, 7) is 0.689. The van der Waals surface area contributed by atoms with E-state index < -0.39 is 0 Å². The Hall–Kier alpha value is -3.08. The number of ether oxygens (including phenoxy) is 1. The normalized spacial score (nSPS) is 15.7. The van der Waals surface area contributed by atoms with Crippen LogP contribution in [0, 0.1) is 0 Å². The number of fused-ring (bicyclic) bond motifs is 1. The summed E-state index contributed by atoms with van der Waals surface area (Å²) in [6, 6.07) is 16.4. The van der Waals surface area contributed by atoms with E-state index >= 15 is 0 Å². The molecule has 4 rings (SSSR count). The number of hydrogen-bond acceptors (Lipinski definition) is 3. The molecule has 5 heteroatoms. The molecule has 5 nitrogen and oxygen atoms in total. The van der Waals surface area contributed by atoms with Gasteiger partial charge in [0.15, 0.2) is 0 Å². The van der Waals surface area contributed by atoms with E-state index in [4.69, 9.17) is 4.74 Å². The van der Waals surface area contributed by atoms with Crippen LogP contribution in [0.15, 0.2) is 60.9 Å². The zero-order chi connectivity index (χ0) is 19.3. The lowest BCUT2D eigenvalue weighted by Gasteiger charge is -2.25. The van der Waals surface area contributed by atoms with Crippen LogP contribution in [0.4, 0.5) is 5.69 Å². The van der Waals surface area contributed by atoms with E-state index in [9.17, 15) is 4.79 Å². The summed E-state index contributed by atoms with van der Waals surface area (Å²) in [5.74, 6) is 1.18. The molecule has 144 valence electrons. The van der Waals surface area contributed by atoms with Gasteiger partial charge in [-0.2, -0.15) is 5.10 Å². The fraction of sp³-hybridized carbons (Fsp3) is 0.304. The number of carbonyl (C=O) groups excluding carboxylic acids is 1. The zero-order valence-corrected chi connectivity index (χ0v) is 16.1. The molecule has 0 saturated carbocycles. The number of benzene rings is 2. The molecule has 0 aliphatic heterocycles. The summed E-state index contributed by atoms with van der Waals surface area (Å²) in [4.78, 5) is 12.6. The van der Waals surface area contributed by atoms with Gasteiger partial charge in [0, 0.05) is 12.6 Å². The predicted octanol–water partition coefficient (Wildman–Crippen LogP) is 4.39. The Morgan fingerprint density at radius 3 is 2.93 bits per heavy atom. The monoisotopic (exact) mass is 375 g/mol. The first kappa shape index (κ1) is 18.3. The van der Waals surface area contributed by atoms with Gasteiger partial charge in [0.1, 0.15) is 5.75 Å². The molecule has 0 fully saturated rings. The maximum absolute atomic E-state index is 12.6. The summed E-state index contributed by atoms with van der Waals surface area (Å²) < 4.78 is 7.17. The lowest BCUT2D eigenvalue weighted by atomic mass is 9.81. The molecule has 1 amide bonds. The zero-order valence-electron chi connectivity index (χ0n) is 16.1. The molecule has 0 spiro atoms. The maximum Gasteiger partial charge on any atom is 0.225 e. The molecule has 2 aromatic carbocycles. The fourth-order valence-electron chi connectivity index (χ4n) is 3.95. The molecule has 1 heterocycles. The first-order valence-corrected chi connectivity index (χ1v) is 9.74. The molecule has 1 unspecified atom stereocenters. The second kappa shape index (κ2) is 8.30. The molecular formula is C23H25N3O2. The summed E-state index contributed by atoms with van der Waals surface area (Å²) in [7, 11) is 1.69. The van der Waals surface area contributed by atoms with Crippen molar-refractivity contribution in [3.8, 4) is 5.75 Å². The van der Waals surface area contributed by atoms with Gasteiger partial charge in [0.25, 0.3) is 0 Å². The first-order valence-electron chi connectivity index (χ1n) is 9.74. The third kappa shape index (κ3) is 4.25. The number of rotatable bonds is 6. The topological polar surface area (TPSA) is 56.1 Å². The van der Waals surface area contributed by atoms with Gasteiger partial charge in [0.2, 0.25) is 5.91 Å². The van der Waals surface area contributed by atoms with Crippen LogP contribution in [0.1, 0.15) is 41.9 Å². The minimum absolute atomic E-state index is 0.0351. The van der Waals surface area contributed by atoms with Gasteiger partial charge in [-0.05, 0) is 54.0 Å². The minimum Gasteiger partial charge on any atom is -0.497 e. The predicted molar refractivity (Wildman–Crippen MR) is 110 cm³/mol. The van der Waals surface area contributed by atoms with Crippen LogP contribution in [-0.4, -0.2) is 22.8 Å². The number of amides is 1. The second-order valence-electron chi connectivity index (χ2n) is 7.32. The number of anilines is 1. The van der Waals surface area contributed by atoms with Crippen molar-refractivity contribution in [2.75, 3.05) is 12.4 Å². The Morgan fingerprint density at radius 2 is 2.11 bits per heavy atom. The molecule has 3 aromatic rings. The molecule has 1 aliphatic rings. The van der Waals surface area contributed by atoms with Crippen molar-refractivity contribution in [2.24, 2.45) is 0 Å². The summed E-state index contributed by atoms with van der Waals surface area (Å²) in [5.41, 5.74) is 4.51. The lowest BCUT2D eigenvalue weighted by molar-refractivity contribution is -0.116. The summed E-state index contributed by atoms with van der Waals surface area (Å²) in [5, 5.41) is 7.36. The standard InChI is InChI=1S/C23H25N3O2/c1-28-21-10-11-22-18(12-21)8-5-9-19(22)13-23(27)25-20-14-24-26(16-20)15-17-6-3-2-4-7-17/h2-4,6-7,10-12,14,16,19H,5,8-9,13,15H2,1H3,(H,25,27). The Labute approximate surface area is 165 Å². The van der Waals surface area contributed by atoms with Gasteiger partial charge in [-0.3, -0.25) is 9.48 Å². The van der Waals surface area contributed by atoms with Gasteiger partial charge in [-0.15, -0.1) is 0 Å².